The molecule has 0 unspecified atom stereocenters. The standard InChI is InChI=1S/C21H21N5O3/c1-29-19-7-5-17(6-8-19)26-11-9-16(24-26)14-23-20(27)15-3-2-4-18(13-15)25-12-10-22-21(25)28/h2-9,11,13H,10,12,14H2,1H3,(H,22,28)(H,23,27). The number of amides is 3. The first kappa shape index (κ1) is 18.5. The van der Waals surface area contributed by atoms with E-state index in [4.69, 9.17) is 4.74 Å². The van der Waals surface area contributed by atoms with Crippen molar-refractivity contribution in [2.45, 2.75) is 6.54 Å². The molecule has 2 N–H and O–H groups in total. The van der Waals surface area contributed by atoms with Gasteiger partial charge in [-0.3, -0.25) is 9.69 Å². The van der Waals surface area contributed by atoms with Gasteiger partial charge in [0.1, 0.15) is 5.75 Å². The van der Waals surface area contributed by atoms with Crippen LogP contribution in [0.1, 0.15) is 16.1 Å². The van der Waals surface area contributed by atoms with E-state index in [-0.39, 0.29) is 11.9 Å². The maximum absolute atomic E-state index is 12.5. The highest BCUT2D eigenvalue weighted by molar-refractivity contribution is 5.98. The van der Waals surface area contributed by atoms with E-state index in [1.54, 1.807) is 34.9 Å². The third-order valence-electron chi connectivity index (χ3n) is 4.69. The number of urea groups is 1. The van der Waals surface area contributed by atoms with Crippen LogP contribution in [0.25, 0.3) is 5.69 Å². The molecule has 0 atom stereocenters. The van der Waals surface area contributed by atoms with Crippen LogP contribution >= 0.6 is 0 Å². The molecule has 8 heteroatoms. The molecule has 3 aromatic rings. The maximum Gasteiger partial charge on any atom is 0.321 e. The topological polar surface area (TPSA) is 88.5 Å². The summed E-state index contributed by atoms with van der Waals surface area (Å²) in [5.74, 6) is 0.562. The zero-order valence-corrected chi connectivity index (χ0v) is 16.0. The monoisotopic (exact) mass is 391 g/mol. The third kappa shape index (κ3) is 4.06. The van der Waals surface area contributed by atoms with Crippen LogP contribution in [0.3, 0.4) is 0 Å². The molecule has 0 bridgehead atoms. The molecule has 2 aromatic carbocycles. The molecule has 1 aliphatic heterocycles. The van der Waals surface area contributed by atoms with Crippen molar-refractivity contribution in [3.05, 3.63) is 72.1 Å². The number of nitrogens with zero attached hydrogens (tertiary/aromatic N) is 3. The summed E-state index contributed by atoms with van der Waals surface area (Å²) in [6.07, 6.45) is 1.84. The largest absolute Gasteiger partial charge is 0.497 e. The van der Waals surface area contributed by atoms with E-state index in [1.807, 2.05) is 42.6 Å². The minimum atomic E-state index is -0.217. The average Bonchev–Trinajstić information content (AvgIpc) is 3.41. The van der Waals surface area contributed by atoms with Crippen molar-refractivity contribution in [2.75, 3.05) is 25.1 Å². The minimum Gasteiger partial charge on any atom is -0.497 e. The number of hydrogen-bond acceptors (Lipinski definition) is 4. The molecular formula is C21H21N5O3. The van der Waals surface area contributed by atoms with Gasteiger partial charge in [0.05, 0.1) is 25.0 Å². The second kappa shape index (κ2) is 8.05. The van der Waals surface area contributed by atoms with Crippen LogP contribution in [0.5, 0.6) is 5.75 Å². The van der Waals surface area contributed by atoms with E-state index in [1.165, 1.54) is 0 Å². The lowest BCUT2D eigenvalue weighted by atomic mass is 10.1. The normalized spacial score (nSPS) is 13.3. The van der Waals surface area contributed by atoms with E-state index in [0.29, 0.717) is 30.9 Å². The highest BCUT2D eigenvalue weighted by Crippen LogP contribution is 2.18. The number of methoxy groups -OCH3 is 1. The molecule has 0 aliphatic carbocycles. The Balaban J connectivity index is 1.40. The molecule has 8 nitrogen and oxygen atoms in total. The molecule has 0 saturated carbocycles. The summed E-state index contributed by atoms with van der Waals surface area (Å²) in [7, 11) is 1.62. The van der Waals surface area contributed by atoms with Crippen molar-refractivity contribution in [1.29, 1.82) is 0 Å². The lowest BCUT2D eigenvalue weighted by molar-refractivity contribution is 0.0950. The van der Waals surface area contributed by atoms with Gasteiger partial charge >= 0.3 is 6.03 Å². The van der Waals surface area contributed by atoms with Gasteiger partial charge in [-0.25, -0.2) is 9.48 Å². The van der Waals surface area contributed by atoms with Crippen molar-refractivity contribution in [3.8, 4) is 11.4 Å². The molecule has 1 aliphatic rings. The summed E-state index contributed by atoms with van der Waals surface area (Å²) >= 11 is 0. The number of nitrogens with one attached hydrogen (secondary N) is 2. The molecule has 1 saturated heterocycles. The van der Waals surface area contributed by atoms with E-state index < -0.39 is 0 Å². The van der Waals surface area contributed by atoms with Gasteiger partial charge in [-0.15, -0.1) is 0 Å². The number of carbonyl (C=O) groups is 2. The maximum atomic E-state index is 12.5. The zero-order valence-electron chi connectivity index (χ0n) is 16.0. The molecule has 1 aromatic heterocycles. The first-order chi connectivity index (χ1) is 14.1. The number of aromatic nitrogens is 2. The Kier molecular flexibility index (Phi) is 5.15. The van der Waals surface area contributed by atoms with Gasteiger partial charge in [-0.05, 0) is 48.5 Å². The van der Waals surface area contributed by atoms with E-state index in [9.17, 15) is 9.59 Å². The molecular weight excluding hydrogens is 370 g/mol. The van der Waals surface area contributed by atoms with Crippen LogP contribution in [0.15, 0.2) is 60.8 Å². The number of anilines is 1. The van der Waals surface area contributed by atoms with Gasteiger partial charge in [0, 0.05) is 30.5 Å². The first-order valence-electron chi connectivity index (χ1n) is 9.26. The smallest absolute Gasteiger partial charge is 0.321 e. The quantitative estimate of drug-likeness (QED) is 0.675. The summed E-state index contributed by atoms with van der Waals surface area (Å²) in [4.78, 5) is 26.0. The van der Waals surface area contributed by atoms with Gasteiger partial charge in [0.15, 0.2) is 0 Å². The lowest BCUT2D eigenvalue weighted by Crippen LogP contribution is -2.28. The van der Waals surface area contributed by atoms with Gasteiger partial charge in [-0.1, -0.05) is 6.07 Å². The van der Waals surface area contributed by atoms with Gasteiger partial charge in [-0.2, -0.15) is 5.10 Å². The molecule has 0 radical (unpaired) electrons. The second-order valence-corrected chi connectivity index (χ2v) is 6.57. The fourth-order valence-corrected chi connectivity index (χ4v) is 3.14. The molecule has 4 rings (SSSR count). The lowest BCUT2D eigenvalue weighted by Gasteiger charge is -2.15. The average molecular weight is 391 g/mol. The molecule has 1 fully saturated rings. The van der Waals surface area contributed by atoms with Crippen LogP contribution in [0.4, 0.5) is 10.5 Å². The molecule has 2 heterocycles. The van der Waals surface area contributed by atoms with Crippen molar-refractivity contribution in [1.82, 2.24) is 20.4 Å². The van der Waals surface area contributed by atoms with Crippen LogP contribution in [-0.2, 0) is 6.54 Å². The van der Waals surface area contributed by atoms with Gasteiger partial charge in [0.2, 0.25) is 0 Å². The number of hydrogen-bond donors (Lipinski definition) is 2. The number of rotatable bonds is 6. The van der Waals surface area contributed by atoms with Crippen LogP contribution < -0.4 is 20.3 Å². The Hall–Kier alpha value is -3.81. The Morgan fingerprint density at radius 3 is 2.72 bits per heavy atom. The second-order valence-electron chi connectivity index (χ2n) is 6.57. The summed E-state index contributed by atoms with van der Waals surface area (Å²) in [6, 6.07) is 16.3. The van der Waals surface area contributed by atoms with Gasteiger partial charge in [0.25, 0.3) is 5.91 Å². The highest BCUT2D eigenvalue weighted by Gasteiger charge is 2.21. The van der Waals surface area contributed by atoms with E-state index in [2.05, 4.69) is 15.7 Å². The predicted octanol–water partition coefficient (Wildman–Crippen LogP) is 2.34. The third-order valence-corrected chi connectivity index (χ3v) is 4.69. The predicted molar refractivity (Wildman–Crippen MR) is 108 cm³/mol. The van der Waals surface area contributed by atoms with Crippen molar-refractivity contribution in [3.63, 3.8) is 0 Å². The molecule has 29 heavy (non-hydrogen) atoms. The molecule has 148 valence electrons. The number of benzene rings is 2. The zero-order chi connectivity index (χ0) is 20.2. The SMILES string of the molecule is COc1ccc(-n2ccc(CNC(=O)c3cccc(N4CCNC4=O)c3)n2)cc1. The molecule has 3 amide bonds. The van der Waals surface area contributed by atoms with E-state index >= 15 is 0 Å². The first-order valence-corrected chi connectivity index (χ1v) is 9.26. The Morgan fingerprint density at radius 2 is 2.00 bits per heavy atom. The Morgan fingerprint density at radius 1 is 1.17 bits per heavy atom. The summed E-state index contributed by atoms with van der Waals surface area (Å²) in [5, 5.41) is 10.1. The number of ether oxygens (including phenoxy) is 1. The minimum absolute atomic E-state index is 0.147. The summed E-state index contributed by atoms with van der Waals surface area (Å²) in [5.41, 5.74) is 2.84. The summed E-state index contributed by atoms with van der Waals surface area (Å²) < 4.78 is 6.91. The Bertz CT molecular complexity index is 1030. The molecule has 0 spiro atoms. The highest BCUT2D eigenvalue weighted by atomic mass is 16.5. The van der Waals surface area contributed by atoms with Crippen molar-refractivity contribution < 1.29 is 14.3 Å². The fourth-order valence-electron chi connectivity index (χ4n) is 3.14. The van der Waals surface area contributed by atoms with Crippen LogP contribution in [0, 0.1) is 0 Å². The van der Waals surface area contributed by atoms with Crippen LogP contribution in [0.2, 0.25) is 0 Å². The Labute approximate surface area is 168 Å². The summed E-state index contributed by atoms with van der Waals surface area (Å²) in [6.45, 7) is 1.50. The van der Waals surface area contributed by atoms with Gasteiger partial charge < -0.3 is 15.4 Å². The van der Waals surface area contributed by atoms with Crippen LogP contribution in [-0.4, -0.2) is 41.9 Å². The van der Waals surface area contributed by atoms with E-state index in [0.717, 1.165) is 17.1 Å². The van der Waals surface area contributed by atoms with Crippen molar-refractivity contribution in [2.24, 2.45) is 0 Å². The van der Waals surface area contributed by atoms with Crippen molar-refractivity contribution >= 4 is 17.6 Å². The number of carbonyl (C=O) groups excluding carboxylic acids is 2. The fraction of sp³-hybridized carbons (Fsp3) is 0.190.